The molecular formula is C12H18Cl2O3SSi. The predicted molar refractivity (Wildman–Crippen MR) is 82.3 cm³/mol. The van der Waals surface area contributed by atoms with E-state index in [9.17, 15) is 8.42 Å². The molecule has 108 valence electrons. The van der Waals surface area contributed by atoms with E-state index in [-0.39, 0.29) is 15.0 Å². The van der Waals surface area contributed by atoms with Gasteiger partial charge in [-0.15, -0.1) is 0 Å². The molecule has 0 aliphatic heterocycles. The molecule has 1 rings (SSSR count). The Morgan fingerprint density at radius 3 is 2.11 bits per heavy atom. The van der Waals surface area contributed by atoms with Gasteiger partial charge in [0.05, 0.1) is 9.92 Å². The molecule has 0 aliphatic rings. The zero-order valence-electron chi connectivity index (χ0n) is 11.6. The molecule has 0 saturated carbocycles. The van der Waals surface area contributed by atoms with Crippen LogP contribution in [0, 0.1) is 0 Å². The largest absolute Gasteiger partial charge is 0.543 e. The summed E-state index contributed by atoms with van der Waals surface area (Å²) in [6.07, 6.45) is 0. The van der Waals surface area contributed by atoms with Gasteiger partial charge in [-0.2, -0.15) is 0 Å². The van der Waals surface area contributed by atoms with Gasteiger partial charge in [0.25, 0.3) is 17.4 Å². The van der Waals surface area contributed by atoms with Crippen LogP contribution in [-0.2, 0) is 9.05 Å². The molecule has 19 heavy (non-hydrogen) atoms. The molecule has 7 heteroatoms. The van der Waals surface area contributed by atoms with Gasteiger partial charge >= 0.3 is 0 Å². The topological polar surface area (TPSA) is 43.4 Å². The molecule has 0 bridgehead atoms. The van der Waals surface area contributed by atoms with Gasteiger partial charge in [-0.25, -0.2) is 8.42 Å². The highest BCUT2D eigenvalue weighted by Crippen LogP contribution is 2.39. The van der Waals surface area contributed by atoms with Crippen molar-refractivity contribution < 1.29 is 12.8 Å². The third kappa shape index (κ3) is 4.11. The van der Waals surface area contributed by atoms with Crippen LogP contribution in [0.1, 0.15) is 20.8 Å². The Hall–Kier alpha value is -0.233. The van der Waals surface area contributed by atoms with E-state index < -0.39 is 17.4 Å². The van der Waals surface area contributed by atoms with Gasteiger partial charge in [-0.05, 0) is 36.3 Å². The Bertz CT molecular complexity index is 577. The normalized spacial score (nSPS) is 13.4. The fourth-order valence-electron chi connectivity index (χ4n) is 1.14. The molecule has 3 nitrogen and oxygen atoms in total. The zero-order chi connectivity index (χ0) is 15.1. The molecule has 0 spiro atoms. The lowest BCUT2D eigenvalue weighted by molar-refractivity contribution is 0.492. The molecule has 0 aliphatic carbocycles. The SMILES string of the molecule is CC(C)(C)[Si](C)(C)Oc1ccc(S(=O)(=O)Cl)cc1Cl. The third-order valence-electron chi connectivity index (χ3n) is 3.36. The molecule has 0 N–H and O–H groups in total. The Balaban J connectivity index is 3.13. The minimum absolute atomic E-state index is 0.0262. The zero-order valence-corrected chi connectivity index (χ0v) is 14.9. The van der Waals surface area contributed by atoms with Gasteiger partial charge in [0.1, 0.15) is 5.75 Å². The van der Waals surface area contributed by atoms with Gasteiger partial charge in [0, 0.05) is 10.7 Å². The van der Waals surface area contributed by atoms with Crippen LogP contribution in [0.4, 0.5) is 0 Å². The van der Waals surface area contributed by atoms with Crippen molar-refractivity contribution in [3.05, 3.63) is 23.2 Å². The summed E-state index contributed by atoms with van der Waals surface area (Å²) in [5.41, 5.74) is 0. The molecule has 1 aromatic rings. The standard InChI is InChI=1S/C12H18Cl2O3SSi/c1-12(2,3)19(4,5)17-11-7-6-9(8-10(11)13)18(14,15)16/h6-8H,1-5H3. The smallest absolute Gasteiger partial charge is 0.261 e. The summed E-state index contributed by atoms with van der Waals surface area (Å²) in [5, 5.41) is 0.291. The van der Waals surface area contributed by atoms with E-state index in [1.165, 1.54) is 12.1 Å². The average Bonchev–Trinajstić information content (AvgIpc) is 2.17. The highest BCUT2D eigenvalue weighted by Gasteiger charge is 2.39. The van der Waals surface area contributed by atoms with Crippen LogP contribution in [-0.4, -0.2) is 16.7 Å². The Kier molecular flexibility index (Phi) is 4.67. The summed E-state index contributed by atoms with van der Waals surface area (Å²) >= 11 is 6.07. The highest BCUT2D eigenvalue weighted by molar-refractivity contribution is 8.13. The van der Waals surface area contributed by atoms with Gasteiger partial charge in [0.15, 0.2) is 0 Å². The van der Waals surface area contributed by atoms with E-state index in [0.717, 1.165) is 0 Å². The van der Waals surface area contributed by atoms with Crippen molar-refractivity contribution in [1.29, 1.82) is 0 Å². The van der Waals surface area contributed by atoms with Crippen molar-refractivity contribution >= 4 is 39.7 Å². The molecule has 0 unspecified atom stereocenters. The first-order valence-corrected chi connectivity index (χ1v) is 11.4. The van der Waals surface area contributed by atoms with Crippen LogP contribution in [0.5, 0.6) is 5.75 Å². The minimum Gasteiger partial charge on any atom is -0.543 e. The van der Waals surface area contributed by atoms with E-state index in [1.54, 1.807) is 6.07 Å². The summed E-state index contributed by atoms with van der Waals surface area (Å²) in [7, 11) is -0.508. The molecule has 0 atom stereocenters. The van der Waals surface area contributed by atoms with Crippen LogP contribution < -0.4 is 4.43 Å². The fourth-order valence-corrected chi connectivity index (χ4v) is 3.30. The minimum atomic E-state index is -3.77. The maximum atomic E-state index is 11.2. The average molecular weight is 341 g/mol. The molecule has 1 aromatic carbocycles. The third-order valence-corrected chi connectivity index (χ3v) is 9.35. The lowest BCUT2D eigenvalue weighted by Crippen LogP contribution is -2.43. The highest BCUT2D eigenvalue weighted by atomic mass is 35.7. The van der Waals surface area contributed by atoms with E-state index in [4.69, 9.17) is 26.7 Å². The second-order valence-corrected chi connectivity index (χ2v) is 13.6. The summed E-state index contributed by atoms with van der Waals surface area (Å²) in [4.78, 5) is -0.0262. The van der Waals surface area contributed by atoms with Gasteiger partial charge in [-0.3, -0.25) is 0 Å². The van der Waals surface area contributed by atoms with E-state index in [2.05, 4.69) is 33.9 Å². The first kappa shape index (κ1) is 16.8. The number of hydrogen-bond donors (Lipinski definition) is 0. The number of halogens is 2. The van der Waals surface area contributed by atoms with Crippen LogP contribution >= 0.6 is 22.3 Å². The predicted octanol–water partition coefficient (Wildman–Crippen LogP) is 4.65. The number of hydrogen-bond acceptors (Lipinski definition) is 3. The summed E-state index contributed by atoms with van der Waals surface area (Å²) in [6, 6.07) is 4.27. The van der Waals surface area contributed by atoms with Crippen LogP contribution in [0.25, 0.3) is 0 Å². The van der Waals surface area contributed by atoms with Crippen molar-refractivity contribution in [2.24, 2.45) is 0 Å². The van der Waals surface area contributed by atoms with Crippen molar-refractivity contribution in [3.8, 4) is 5.75 Å². The van der Waals surface area contributed by atoms with Crippen molar-refractivity contribution in [3.63, 3.8) is 0 Å². The van der Waals surface area contributed by atoms with Gasteiger partial charge in [0.2, 0.25) is 0 Å². The maximum Gasteiger partial charge on any atom is 0.261 e. The van der Waals surface area contributed by atoms with E-state index >= 15 is 0 Å². The Labute approximate surface area is 125 Å². The number of benzene rings is 1. The first-order valence-electron chi connectivity index (χ1n) is 5.78. The molecule has 0 aromatic heterocycles. The lowest BCUT2D eigenvalue weighted by Gasteiger charge is -2.36. The monoisotopic (exact) mass is 340 g/mol. The summed E-state index contributed by atoms with van der Waals surface area (Å²) < 4.78 is 28.5. The lowest BCUT2D eigenvalue weighted by atomic mass is 10.2. The van der Waals surface area contributed by atoms with Crippen molar-refractivity contribution in [1.82, 2.24) is 0 Å². The Morgan fingerprint density at radius 1 is 1.21 bits per heavy atom. The fraction of sp³-hybridized carbons (Fsp3) is 0.500. The molecule has 0 fully saturated rings. The van der Waals surface area contributed by atoms with Crippen molar-refractivity contribution in [2.75, 3.05) is 0 Å². The Morgan fingerprint density at radius 2 is 1.74 bits per heavy atom. The van der Waals surface area contributed by atoms with Crippen LogP contribution in [0.3, 0.4) is 0 Å². The molecule has 0 amide bonds. The van der Waals surface area contributed by atoms with E-state index in [0.29, 0.717) is 5.75 Å². The summed E-state index contributed by atoms with van der Waals surface area (Å²) in [5.74, 6) is 0.498. The molecule has 0 heterocycles. The number of rotatable bonds is 3. The first-order chi connectivity index (χ1) is 8.34. The second kappa shape index (κ2) is 5.28. The quantitative estimate of drug-likeness (QED) is 0.594. The maximum absolute atomic E-state index is 11.2. The van der Waals surface area contributed by atoms with Gasteiger partial charge in [-0.1, -0.05) is 32.4 Å². The second-order valence-electron chi connectivity index (χ2n) is 5.89. The summed E-state index contributed by atoms with van der Waals surface area (Å²) in [6.45, 7) is 10.5. The van der Waals surface area contributed by atoms with Gasteiger partial charge < -0.3 is 4.43 Å². The molecular weight excluding hydrogens is 323 g/mol. The molecule has 0 saturated heterocycles. The van der Waals surface area contributed by atoms with E-state index in [1.807, 2.05) is 0 Å². The van der Waals surface area contributed by atoms with Crippen LogP contribution in [0.15, 0.2) is 23.1 Å². The van der Waals surface area contributed by atoms with Crippen LogP contribution in [0.2, 0.25) is 23.2 Å². The molecule has 0 radical (unpaired) electrons. The van der Waals surface area contributed by atoms with Crippen molar-refractivity contribution in [2.45, 2.75) is 43.8 Å².